The standard InChI is InChI=1S/C42H66O7.C31H50O2/c1-12-30-37(48-27(6)44)31(47-26(5)43)21-34(49-30)46-23-42-20-19-40(10)28(36(42)35(24(2)3)29(45)22-42)13-14-33-39(9)17-15-25(4)38(7,8)32(39)16-18-41(33,40)11;1-19(2)25-22(33)17-31(18-32)16-15-29(7)21(26(25)31)9-10-24-28(6)13-11-20(3)27(4,5)23(28)12-14-30(24,29)8/h24-25,28,30-34,37H,12-23H2,1-11H3;19-21,23-24,32H,9-18H2,1-8H3/t25-,28?,30?,31?,32?,33?,34?,37?,39-,40+,41+,42-;20-,21?,23?,24?,28-,29+,30+,31-/m00/s1. The fourth-order valence-corrected chi connectivity index (χ4v) is 24.4. The number of allylic oxidation sites excluding steroid dienone is 2. The largest absolute Gasteiger partial charge is 0.458 e. The molecule has 11 rings (SSSR count). The average Bonchev–Trinajstić information content (AvgIpc) is 1.73. The van der Waals surface area contributed by atoms with Gasteiger partial charge in [-0.15, -0.1) is 0 Å². The molecule has 1 saturated heterocycles. The Kier molecular flexibility index (Phi) is 16.2. The number of ketones is 2. The molecule has 1 N–H and O–H groups in total. The second-order valence-electron chi connectivity index (χ2n) is 33.9. The maximum Gasteiger partial charge on any atom is 0.303 e. The molecule has 10 unspecified atom stereocenters. The molecule has 9 nitrogen and oxygen atoms in total. The molecule has 0 amide bonds. The van der Waals surface area contributed by atoms with Crippen molar-refractivity contribution in [2.75, 3.05) is 13.2 Å². The van der Waals surface area contributed by atoms with Crippen LogP contribution in [0.4, 0.5) is 0 Å². The van der Waals surface area contributed by atoms with Crippen molar-refractivity contribution in [2.45, 2.75) is 285 Å². The van der Waals surface area contributed by atoms with Crippen LogP contribution in [0.15, 0.2) is 22.3 Å². The van der Waals surface area contributed by atoms with Crippen LogP contribution in [-0.4, -0.2) is 66.4 Å². The van der Waals surface area contributed by atoms with Gasteiger partial charge in [-0.05, 0) is 223 Å². The van der Waals surface area contributed by atoms with E-state index in [4.69, 9.17) is 18.9 Å². The molecule has 462 valence electrons. The molecule has 0 aromatic rings. The van der Waals surface area contributed by atoms with Gasteiger partial charge in [-0.3, -0.25) is 19.2 Å². The second-order valence-corrected chi connectivity index (χ2v) is 33.9. The quantitative estimate of drug-likeness (QED) is 0.225. The summed E-state index contributed by atoms with van der Waals surface area (Å²) in [5.74, 6) is 5.68. The molecule has 0 aromatic carbocycles. The minimum atomic E-state index is -0.679. The van der Waals surface area contributed by atoms with Crippen molar-refractivity contribution in [3.8, 4) is 0 Å². The first-order valence-corrected chi connectivity index (χ1v) is 33.9. The van der Waals surface area contributed by atoms with Gasteiger partial charge in [0.05, 0.1) is 13.2 Å². The summed E-state index contributed by atoms with van der Waals surface area (Å²) < 4.78 is 24.4. The number of hydrogen-bond acceptors (Lipinski definition) is 9. The Bertz CT molecular complexity index is 2590. The third-order valence-corrected chi connectivity index (χ3v) is 29.6. The van der Waals surface area contributed by atoms with Crippen LogP contribution >= 0.6 is 0 Å². The van der Waals surface area contributed by atoms with Gasteiger partial charge >= 0.3 is 11.9 Å². The van der Waals surface area contributed by atoms with Crippen molar-refractivity contribution in [3.05, 3.63) is 22.3 Å². The molecule has 11 aliphatic rings. The number of ether oxygens (including phenoxy) is 4. The fourth-order valence-electron chi connectivity index (χ4n) is 24.4. The van der Waals surface area contributed by atoms with Crippen molar-refractivity contribution < 1.29 is 43.2 Å². The van der Waals surface area contributed by atoms with E-state index in [1.807, 2.05) is 6.92 Å². The first-order chi connectivity index (χ1) is 38.1. The van der Waals surface area contributed by atoms with Gasteiger partial charge in [0.25, 0.3) is 0 Å². The molecule has 9 heteroatoms. The van der Waals surface area contributed by atoms with E-state index in [1.165, 1.54) is 102 Å². The lowest BCUT2D eigenvalue weighted by atomic mass is 9.32. The summed E-state index contributed by atoms with van der Waals surface area (Å²) in [6, 6.07) is 0. The summed E-state index contributed by atoms with van der Waals surface area (Å²) in [4.78, 5) is 51.4. The number of hydrogen-bond donors (Lipinski definition) is 1. The number of fused-ring (bicyclic) bond motifs is 14. The topological polar surface area (TPSA) is 125 Å². The number of carbonyl (C=O) groups is 4. The van der Waals surface area contributed by atoms with E-state index in [0.717, 1.165) is 66.4 Å². The number of esters is 2. The Morgan fingerprint density at radius 2 is 1.00 bits per heavy atom. The maximum atomic E-state index is 14.1. The molecule has 0 spiro atoms. The molecular formula is C73H116O9. The summed E-state index contributed by atoms with van der Waals surface area (Å²) in [6.45, 7) is 45.2. The van der Waals surface area contributed by atoms with Gasteiger partial charge in [0.15, 0.2) is 24.0 Å². The Hall–Kier alpha value is -2.36. The molecular weight excluding hydrogens is 1020 g/mol. The fraction of sp³-hybridized carbons (Fsp3) is 0.890. The normalized spacial score (nSPS) is 48.1. The van der Waals surface area contributed by atoms with Crippen molar-refractivity contribution in [1.82, 2.24) is 0 Å². The molecule has 1 heterocycles. The van der Waals surface area contributed by atoms with Crippen LogP contribution in [0.25, 0.3) is 0 Å². The monoisotopic (exact) mass is 1140 g/mol. The van der Waals surface area contributed by atoms with Crippen LogP contribution in [0.5, 0.6) is 0 Å². The Morgan fingerprint density at radius 3 is 1.43 bits per heavy atom. The summed E-state index contributed by atoms with van der Waals surface area (Å²) in [5.41, 5.74) is 6.86. The average molecular weight is 1140 g/mol. The Morgan fingerprint density at radius 1 is 0.561 bits per heavy atom. The number of rotatable bonds is 9. The zero-order valence-corrected chi connectivity index (χ0v) is 55.4. The van der Waals surface area contributed by atoms with Gasteiger partial charge in [0.2, 0.25) is 0 Å². The predicted octanol–water partition coefficient (Wildman–Crippen LogP) is 16.6. The van der Waals surface area contributed by atoms with Gasteiger partial charge < -0.3 is 24.1 Å². The van der Waals surface area contributed by atoms with Crippen molar-refractivity contribution in [2.24, 2.45) is 113 Å². The van der Waals surface area contributed by atoms with Gasteiger partial charge in [0.1, 0.15) is 12.2 Å². The number of aliphatic hydroxyl groups excluding tert-OH is 1. The smallest absolute Gasteiger partial charge is 0.303 e. The maximum absolute atomic E-state index is 14.1. The van der Waals surface area contributed by atoms with Gasteiger partial charge in [0, 0.05) is 43.9 Å². The molecule has 0 bridgehead atoms. The summed E-state index contributed by atoms with van der Waals surface area (Å²) >= 11 is 0. The van der Waals surface area contributed by atoms with E-state index in [-0.39, 0.29) is 51.9 Å². The van der Waals surface area contributed by atoms with Gasteiger partial charge in [-0.2, -0.15) is 0 Å². The molecule has 0 aromatic heterocycles. The SMILES string of the molecule is CC(C)C1=C2C3CCC4[C@@]5(C)CC[C@H](C)C(C)(C)C5CC[C@@]4(C)[C@]3(C)CC[C@@]2(CO)CC1=O.CCC1OC(OC[C@@]23CC[C@]4(C)C(CCC5[C@@]6(C)CC[C@H](C)C(C)(C)C6CC[C@]54C)C2=C(C(C)C)C(=O)C3)CC(OC(C)=O)C1OC(C)=O. The molecule has 8 saturated carbocycles. The van der Waals surface area contributed by atoms with E-state index >= 15 is 0 Å². The van der Waals surface area contributed by atoms with Gasteiger partial charge in [-0.25, -0.2) is 0 Å². The number of aliphatic hydroxyl groups is 1. The molecule has 0 radical (unpaired) electrons. The highest BCUT2D eigenvalue weighted by Crippen LogP contribution is 2.79. The number of carbonyl (C=O) groups excluding carboxylic acids is 4. The summed E-state index contributed by atoms with van der Waals surface area (Å²) in [5, 5.41) is 10.6. The van der Waals surface area contributed by atoms with E-state index in [0.29, 0.717) is 82.3 Å². The van der Waals surface area contributed by atoms with Crippen LogP contribution in [0.2, 0.25) is 0 Å². The Labute approximate surface area is 497 Å². The molecule has 1 aliphatic heterocycles. The second kappa shape index (κ2) is 21.2. The molecule has 20 atom stereocenters. The number of Topliss-reactive ketones (excluding diaryl/α,β-unsaturated/α-hetero) is 2. The predicted molar refractivity (Wildman–Crippen MR) is 325 cm³/mol. The summed E-state index contributed by atoms with van der Waals surface area (Å²) in [7, 11) is 0. The van der Waals surface area contributed by atoms with E-state index in [2.05, 4.69) is 111 Å². The lowest BCUT2D eigenvalue weighted by Gasteiger charge is -2.72. The molecule has 9 fully saturated rings. The highest BCUT2D eigenvalue weighted by atomic mass is 16.7. The van der Waals surface area contributed by atoms with Crippen LogP contribution < -0.4 is 0 Å². The lowest BCUT2D eigenvalue weighted by Crippen LogP contribution is -2.65. The zero-order valence-electron chi connectivity index (χ0n) is 55.4. The molecule has 10 aliphatic carbocycles. The third kappa shape index (κ3) is 9.04. The zero-order chi connectivity index (χ0) is 60.1. The van der Waals surface area contributed by atoms with Crippen molar-refractivity contribution >= 4 is 23.5 Å². The van der Waals surface area contributed by atoms with Crippen molar-refractivity contribution in [3.63, 3.8) is 0 Å². The lowest BCUT2D eigenvalue weighted by molar-refractivity contribution is -0.267. The van der Waals surface area contributed by atoms with Crippen molar-refractivity contribution in [1.29, 1.82) is 0 Å². The van der Waals surface area contributed by atoms with E-state index in [9.17, 15) is 24.3 Å². The minimum Gasteiger partial charge on any atom is -0.458 e. The van der Waals surface area contributed by atoms with Crippen LogP contribution in [0, 0.1) is 113 Å². The van der Waals surface area contributed by atoms with Gasteiger partial charge in [-0.1, -0.05) is 129 Å². The highest BCUT2D eigenvalue weighted by Gasteiger charge is 2.72. The van der Waals surface area contributed by atoms with Crippen LogP contribution in [0.3, 0.4) is 0 Å². The first kappa shape index (κ1) is 62.7. The summed E-state index contributed by atoms with van der Waals surface area (Å²) in [6.07, 6.45) is 19.4. The minimum absolute atomic E-state index is 0.118. The first-order valence-electron chi connectivity index (χ1n) is 33.9. The third-order valence-electron chi connectivity index (χ3n) is 29.6. The molecule has 82 heavy (non-hydrogen) atoms. The van der Waals surface area contributed by atoms with E-state index in [1.54, 1.807) is 0 Å². The van der Waals surface area contributed by atoms with Crippen LogP contribution in [-0.2, 0) is 38.1 Å². The van der Waals surface area contributed by atoms with E-state index < -0.39 is 36.5 Å². The highest BCUT2D eigenvalue weighted by molar-refractivity contribution is 6.01. The Balaban J connectivity index is 0.000000198. The van der Waals surface area contributed by atoms with Crippen LogP contribution in [0.1, 0.15) is 260 Å².